The van der Waals surface area contributed by atoms with Crippen LogP contribution < -0.4 is 0 Å². The highest BCUT2D eigenvalue weighted by Gasteiger charge is 2.12. The van der Waals surface area contributed by atoms with Crippen LogP contribution in [0.2, 0.25) is 0 Å². The first-order chi connectivity index (χ1) is 8.63. The minimum atomic E-state index is 0.580. The summed E-state index contributed by atoms with van der Waals surface area (Å²) in [6, 6.07) is 1.95. The second-order valence-corrected chi connectivity index (χ2v) is 4.37. The van der Waals surface area contributed by atoms with Gasteiger partial charge in [-0.2, -0.15) is 15.3 Å². The average Bonchev–Trinajstić information content (AvgIpc) is 2.71. The molecule has 0 fully saturated rings. The fourth-order valence-corrected chi connectivity index (χ4v) is 1.91. The molecule has 0 atom stereocenters. The summed E-state index contributed by atoms with van der Waals surface area (Å²) in [6.07, 6.45) is 0. The largest absolute Gasteiger partial charge is 0.383 e. The molecule has 18 heavy (non-hydrogen) atoms. The van der Waals surface area contributed by atoms with Gasteiger partial charge >= 0.3 is 0 Å². The van der Waals surface area contributed by atoms with Crippen molar-refractivity contribution in [1.82, 2.24) is 25.0 Å². The van der Waals surface area contributed by atoms with Crippen LogP contribution in [0.4, 0.5) is 0 Å². The number of aromatic amines is 1. The van der Waals surface area contributed by atoms with E-state index in [1.807, 2.05) is 24.5 Å². The zero-order valence-corrected chi connectivity index (χ0v) is 11.4. The summed E-state index contributed by atoms with van der Waals surface area (Å²) in [5.74, 6) is 0.771. The molecule has 0 amide bonds. The van der Waals surface area contributed by atoms with Crippen LogP contribution in [-0.4, -0.2) is 38.7 Å². The Bertz CT molecular complexity index is 604. The average molecular weight is 265 g/mol. The van der Waals surface area contributed by atoms with E-state index in [4.69, 9.17) is 17.0 Å². The predicted molar refractivity (Wildman–Crippen MR) is 69.8 cm³/mol. The number of aromatic nitrogens is 5. The number of rotatable bonds is 4. The van der Waals surface area contributed by atoms with Crippen molar-refractivity contribution in [2.75, 3.05) is 13.7 Å². The molecule has 2 aromatic rings. The summed E-state index contributed by atoms with van der Waals surface area (Å²) in [7, 11) is 1.66. The summed E-state index contributed by atoms with van der Waals surface area (Å²) in [4.78, 5) is 0. The zero-order valence-electron chi connectivity index (χ0n) is 10.6. The van der Waals surface area contributed by atoms with E-state index in [0.29, 0.717) is 17.9 Å². The molecule has 0 saturated carbocycles. The lowest BCUT2D eigenvalue weighted by Gasteiger charge is -2.08. The minimum absolute atomic E-state index is 0.580. The molecule has 0 unspecified atom stereocenters. The Morgan fingerprint density at radius 2 is 2.17 bits per heavy atom. The van der Waals surface area contributed by atoms with E-state index in [2.05, 4.69) is 20.4 Å². The molecule has 0 aliphatic rings. The summed E-state index contributed by atoms with van der Waals surface area (Å²) in [5, 5.41) is 15.2. The number of H-pyrrole nitrogens is 1. The Kier molecular flexibility index (Phi) is 3.83. The van der Waals surface area contributed by atoms with E-state index in [9.17, 15) is 0 Å². The third-order valence-corrected chi connectivity index (χ3v) is 2.93. The monoisotopic (exact) mass is 265 g/mol. The van der Waals surface area contributed by atoms with Crippen LogP contribution in [-0.2, 0) is 11.3 Å². The molecule has 6 nitrogen and oxygen atoms in total. The van der Waals surface area contributed by atoms with E-state index in [0.717, 1.165) is 22.8 Å². The van der Waals surface area contributed by atoms with Crippen molar-refractivity contribution in [1.29, 1.82) is 0 Å². The third-order valence-electron chi connectivity index (χ3n) is 2.62. The molecule has 0 radical (unpaired) electrons. The lowest BCUT2D eigenvalue weighted by Crippen LogP contribution is -2.07. The number of hydrogen-bond acceptors (Lipinski definition) is 5. The van der Waals surface area contributed by atoms with Gasteiger partial charge in [-0.1, -0.05) is 0 Å². The number of nitrogens with zero attached hydrogens (tertiary/aromatic N) is 4. The van der Waals surface area contributed by atoms with Crippen molar-refractivity contribution >= 4 is 12.2 Å². The van der Waals surface area contributed by atoms with Gasteiger partial charge in [0.15, 0.2) is 10.6 Å². The van der Waals surface area contributed by atoms with Gasteiger partial charge in [0.1, 0.15) is 0 Å². The van der Waals surface area contributed by atoms with E-state index in [1.165, 1.54) is 0 Å². The maximum atomic E-state index is 5.22. The zero-order chi connectivity index (χ0) is 13.1. The highest BCUT2D eigenvalue weighted by molar-refractivity contribution is 7.71. The summed E-state index contributed by atoms with van der Waals surface area (Å²) in [5.41, 5.74) is 2.61. The Morgan fingerprint density at radius 3 is 2.89 bits per heavy atom. The first-order valence-corrected chi connectivity index (χ1v) is 5.99. The lowest BCUT2D eigenvalue weighted by atomic mass is 10.2. The molecule has 1 N–H and O–H groups in total. The van der Waals surface area contributed by atoms with Gasteiger partial charge in [-0.15, -0.1) is 0 Å². The van der Waals surface area contributed by atoms with Crippen LogP contribution in [0.5, 0.6) is 0 Å². The van der Waals surface area contributed by atoms with Crippen LogP contribution in [0.1, 0.15) is 11.4 Å². The number of nitrogens with one attached hydrogen (secondary N) is 1. The van der Waals surface area contributed by atoms with E-state index in [-0.39, 0.29) is 0 Å². The van der Waals surface area contributed by atoms with Gasteiger partial charge in [0.05, 0.1) is 24.5 Å². The lowest BCUT2D eigenvalue weighted by molar-refractivity contribution is 0.187. The Balaban J connectivity index is 2.50. The van der Waals surface area contributed by atoms with E-state index < -0.39 is 0 Å². The maximum absolute atomic E-state index is 5.22. The second kappa shape index (κ2) is 5.36. The summed E-state index contributed by atoms with van der Waals surface area (Å²) in [6.45, 7) is 5.04. The summed E-state index contributed by atoms with van der Waals surface area (Å²) < 4.78 is 7.56. The van der Waals surface area contributed by atoms with Crippen LogP contribution in [0.3, 0.4) is 0 Å². The molecule has 0 aromatic carbocycles. The van der Waals surface area contributed by atoms with E-state index in [1.54, 1.807) is 7.11 Å². The highest BCUT2D eigenvalue weighted by Crippen LogP contribution is 2.20. The number of methoxy groups -OCH3 is 1. The quantitative estimate of drug-likeness (QED) is 0.851. The highest BCUT2D eigenvalue weighted by atomic mass is 32.1. The minimum Gasteiger partial charge on any atom is -0.383 e. The van der Waals surface area contributed by atoms with Gasteiger partial charge in [0.25, 0.3) is 0 Å². The molecule has 0 aliphatic carbocycles. The Hall–Kier alpha value is -1.60. The molecule has 2 rings (SSSR count). The SMILES string of the molecule is COCCn1c(-c2cc(C)nnc2C)n[nH]c1=S. The molecule has 0 aliphatic heterocycles. The van der Waals surface area contributed by atoms with Crippen molar-refractivity contribution in [2.24, 2.45) is 0 Å². The normalized spacial score (nSPS) is 10.8. The van der Waals surface area contributed by atoms with Crippen LogP contribution in [0.25, 0.3) is 11.4 Å². The molecule has 96 valence electrons. The maximum Gasteiger partial charge on any atom is 0.195 e. The first-order valence-electron chi connectivity index (χ1n) is 5.59. The molecule has 2 aromatic heterocycles. The Morgan fingerprint density at radius 1 is 1.39 bits per heavy atom. The Labute approximate surface area is 110 Å². The van der Waals surface area contributed by atoms with Gasteiger partial charge < -0.3 is 4.74 Å². The smallest absolute Gasteiger partial charge is 0.195 e. The summed E-state index contributed by atoms with van der Waals surface area (Å²) >= 11 is 5.22. The molecular weight excluding hydrogens is 250 g/mol. The second-order valence-electron chi connectivity index (χ2n) is 3.98. The fraction of sp³-hybridized carbons (Fsp3) is 0.455. The van der Waals surface area contributed by atoms with Crippen molar-refractivity contribution in [3.8, 4) is 11.4 Å². The van der Waals surface area contributed by atoms with Crippen molar-refractivity contribution in [3.05, 3.63) is 22.2 Å². The van der Waals surface area contributed by atoms with E-state index >= 15 is 0 Å². The van der Waals surface area contributed by atoms with Gasteiger partial charge in [-0.25, -0.2) is 0 Å². The number of ether oxygens (including phenoxy) is 1. The molecule has 0 bridgehead atoms. The number of aryl methyl sites for hydroxylation is 2. The third kappa shape index (κ3) is 2.46. The molecule has 2 heterocycles. The fourth-order valence-electron chi connectivity index (χ4n) is 1.69. The predicted octanol–water partition coefficient (Wildman–Crippen LogP) is 1.66. The van der Waals surface area contributed by atoms with Crippen molar-refractivity contribution < 1.29 is 4.74 Å². The number of hydrogen-bond donors (Lipinski definition) is 1. The van der Waals surface area contributed by atoms with Crippen molar-refractivity contribution in [2.45, 2.75) is 20.4 Å². The van der Waals surface area contributed by atoms with Gasteiger partial charge in [-0.05, 0) is 32.1 Å². The van der Waals surface area contributed by atoms with Crippen LogP contribution in [0, 0.1) is 18.6 Å². The van der Waals surface area contributed by atoms with Gasteiger partial charge in [0, 0.05) is 12.7 Å². The topological polar surface area (TPSA) is 68.6 Å². The van der Waals surface area contributed by atoms with Crippen molar-refractivity contribution in [3.63, 3.8) is 0 Å². The van der Waals surface area contributed by atoms with Crippen LogP contribution >= 0.6 is 12.2 Å². The first kappa shape index (κ1) is 12.8. The molecular formula is C11H15N5OS. The van der Waals surface area contributed by atoms with Gasteiger partial charge in [0.2, 0.25) is 0 Å². The molecule has 7 heteroatoms. The standard InChI is InChI=1S/C11H15N5OS/c1-7-6-9(8(2)13-12-7)10-14-15-11(18)16(10)4-5-17-3/h6H,4-5H2,1-3H3,(H,15,18). The molecule has 0 spiro atoms. The van der Waals surface area contributed by atoms with Crippen LogP contribution in [0.15, 0.2) is 6.07 Å². The van der Waals surface area contributed by atoms with Gasteiger partial charge in [-0.3, -0.25) is 9.67 Å². The molecule has 0 saturated heterocycles.